The van der Waals surface area contributed by atoms with Gasteiger partial charge in [-0.15, -0.1) is 0 Å². The molecule has 1 rings (SSSR count). The highest BCUT2D eigenvalue weighted by molar-refractivity contribution is 9.10. The predicted octanol–water partition coefficient (Wildman–Crippen LogP) is 2.64. The van der Waals surface area contributed by atoms with Gasteiger partial charge >= 0.3 is 0 Å². The largest absolute Gasteiger partial charge is 0.380 e. The summed E-state index contributed by atoms with van der Waals surface area (Å²) in [5.41, 5.74) is 4.12. The van der Waals surface area contributed by atoms with Gasteiger partial charge in [-0.1, -0.05) is 41.4 Å². The lowest BCUT2D eigenvalue weighted by molar-refractivity contribution is 0.0609. The van der Waals surface area contributed by atoms with Crippen molar-refractivity contribution < 1.29 is 4.74 Å². The summed E-state index contributed by atoms with van der Waals surface area (Å²) in [6, 6.07) is 8.45. The van der Waals surface area contributed by atoms with Crippen LogP contribution in [-0.2, 0) is 11.2 Å². The molecule has 0 fully saturated rings. The molecule has 2 unspecified atom stereocenters. The number of halogens is 1. The zero-order valence-electron chi connectivity index (χ0n) is 10.4. The molecule has 0 aliphatic heterocycles. The molecule has 4 heteroatoms. The lowest BCUT2D eigenvalue weighted by atomic mass is 9.99. The number of benzene rings is 1. The van der Waals surface area contributed by atoms with Crippen molar-refractivity contribution >= 4 is 15.9 Å². The van der Waals surface area contributed by atoms with Gasteiger partial charge in [0.25, 0.3) is 0 Å². The maximum Gasteiger partial charge on any atom is 0.0740 e. The summed E-state index contributed by atoms with van der Waals surface area (Å²) >= 11 is 3.43. The molecule has 0 radical (unpaired) electrons. The van der Waals surface area contributed by atoms with E-state index in [-0.39, 0.29) is 12.1 Å². The third-order valence-corrected chi connectivity index (χ3v) is 3.44. The highest BCUT2D eigenvalue weighted by Crippen LogP contribution is 2.15. The van der Waals surface area contributed by atoms with Crippen molar-refractivity contribution in [2.24, 2.45) is 5.84 Å². The summed E-state index contributed by atoms with van der Waals surface area (Å²) in [7, 11) is 1.74. The number of nitrogens with two attached hydrogens (primary N) is 1. The normalized spacial score (nSPS) is 14.6. The van der Waals surface area contributed by atoms with E-state index in [2.05, 4.69) is 40.4 Å². The molecule has 96 valence electrons. The Bertz CT molecular complexity index is 316. The fourth-order valence-electron chi connectivity index (χ4n) is 1.94. The van der Waals surface area contributed by atoms with Crippen LogP contribution in [0.5, 0.6) is 0 Å². The topological polar surface area (TPSA) is 47.3 Å². The van der Waals surface area contributed by atoms with Gasteiger partial charge in [0.15, 0.2) is 0 Å². The van der Waals surface area contributed by atoms with E-state index in [1.54, 1.807) is 7.11 Å². The molecular formula is C13H21BrN2O. The summed E-state index contributed by atoms with van der Waals surface area (Å²) in [5, 5.41) is 0. The number of hydrogen-bond donors (Lipinski definition) is 2. The van der Waals surface area contributed by atoms with E-state index in [4.69, 9.17) is 10.6 Å². The molecule has 3 N–H and O–H groups in total. The van der Waals surface area contributed by atoms with E-state index in [1.165, 1.54) is 5.56 Å². The van der Waals surface area contributed by atoms with Crippen molar-refractivity contribution in [2.75, 3.05) is 7.11 Å². The monoisotopic (exact) mass is 300 g/mol. The van der Waals surface area contributed by atoms with Crippen LogP contribution >= 0.6 is 15.9 Å². The summed E-state index contributed by atoms with van der Waals surface area (Å²) in [6.07, 6.45) is 3.15. The van der Waals surface area contributed by atoms with Gasteiger partial charge in [0.05, 0.1) is 12.1 Å². The van der Waals surface area contributed by atoms with Crippen LogP contribution in [-0.4, -0.2) is 19.3 Å². The van der Waals surface area contributed by atoms with Gasteiger partial charge in [-0.05, 0) is 30.5 Å². The second-order valence-corrected chi connectivity index (χ2v) is 5.08. The fraction of sp³-hybridized carbons (Fsp3) is 0.538. The SMILES string of the molecule is CCCC(OC)C(Cc1ccc(Br)cc1)NN. The minimum atomic E-state index is 0.154. The van der Waals surface area contributed by atoms with E-state index in [9.17, 15) is 0 Å². The maximum atomic E-state index is 5.62. The van der Waals surface area contributed by atoms with Crippen LogP contribution in [0.15, 0.2) is 28.7 Å². The lowest BCUT2D eigenvalue weighted by Crippen LogP contribution is -2.46. The number of rotatable bonds is 7. The van der Waals surface area contributed by atoms with Crippen LogP contribution in [0.1, 0.15) is 25.3 Å². The Labute approximate surface area is 112 Å². The Balaban J connectivity index is 2.64. The summed E-state index contributed by atoms with van der Waals surface area (Å²) < 4.78 is 6.58. The second kappa shape index (κ2) is 7.82. The first kappa shape index (κ1) is 14.6. The van der Waals surface area contributed by atoms with Gasteiger partial charge in [0.2, 0.25) is 0 Å². The molecule has 1 aromatic carbocycles. The van der Waals surface area contributed by atoms with Gasteiger partial charge in [-0.2, -0.15) is 0 Å². The van der Waals surface area contributed by atoms with Gasteiger partial charge in [0, 0.05) is 11.6 Å². The third-order valence-electron chi connectivity index (χ3n) is 2.91. The summed E-state index contributed by atoms with van der Waals surface area (Å²) in [6.45, 7) is 2.15. The van der Waals surface area contributed by atoms with Gasteiger partial charge in [-0.25, -0.2) is 0 Å². The first-order chi connectivity index (χ1) is 8.21. The molecule has 0 spiro atoms. The van der Waals surface area contributed by atoms with Gasteiger partial charge in [0.1, 0.15) is 0 Å². The Morgan fingerprint density at radius 2 is 2.00 bits per heavy atom. The van der Waals surface area contributed by atoms with Crippen LogP contribution in [0.4, 0.5) is 0 Å². The lowest BCUT2D eigenvalue weighted by Gasteiger charge is -2.25. The molecule has 0 saturated carbocycles. The van der Waals surface area contributed by atoms with E-state index in [0.717, 1.165) is 23.7 Å². The molecular weight excluding hydrogens is 280 g/mol. The third kappa shape index (κ3) is 4.76. The molecule has 0 aliphatic rings. The number of methoxy groups -OCH3 is 1. The fourth-order valence-corrected chi connectivity index (χ4v) is 2.20. The molecule has 0 bridgehead atoms. The van der Waals surface area contributed by atoms with Crippen molar-refractivity contribution in [3.05, 3.63) is 34.3 Å². The minimum Gasteiger partial charge on any atom is -0.380 e. The van der Waals surface area contributed by atoms with Crippen molar-refractivity contribution in [3.8, 4) is 0 Å². The molecule has 0 aromatic heterocycles. The van der Waals surface area contributed by atoms with E-state index in [0.29, 0.717) is 0 Å². The molecule has 0 saturated heterocycles. The Hall–Kier alpha value is -0.420. The van der Waals surface area contributed by atoms with Crippen LogP contribution in [0.25, 0.3) is 0 Å². The number of nitrogens with one attached hydrogen (secondary N) is 1. The van der Waals surface area contributed by atoms with Crippen LogP contribution < -0.4 is 11.3 Å². The summed E-state index contributed by atoms with van der Waals surface area (Å²) in [5.74, 6) is 5.62. The molecule has 3 nitrogen and oxygen atoms in total. The number of hydrogen-bond acceptors (Lipinski definition) is 3. The van der Waals surface area contributed by atoms with Crippen LogP contribution in [0.2, 0.25) is 0 Å². The van der Waals surface area contributed by atoms with Gasteiger partial charge in [-0.3, -0.25) is 11.3 Å². The molecule has 2 atom stereocenters. The highest BCUT2D eigenvalue weighted by Gasteiger charge is 2.19. The Kier molecular flexibility index (Phi) is 6.73. The van der Waals surface area contributed by atoms with E-state index >= 15 is 0 Å². The zero-order chi connectivity index (χ0) is 12.7. The average molecular weight is 301 g/mol. The summed E-state index contributed by atoms with van der Waals surface area (Å²) in [4.78, 5) is 0. The highest BCUT2D eigenvalue weighted by atomic mass is 79.9. The molecule has 0 amide bonds. The smallest absolute Gasteiger partial charge is 0.0740 e. The van der Waals surface area contributed by atoms with Crippen molar-refractivity contribution in [1.29, 1.82) is 0 Å². The second-order valence-electron chi connectivity index (χ2n) is 4.17. The minimum absolute atomic E-state index is 0.154. The van der Waals surface area contributed by atoms with Crippen LogP contribution in [0.3, 0.4) is 0 Å². The standard InChI is InChI=1S/C13H21BrN2O/c1-3-4-13(17-2)12(16-15)9-10-5-7-11(14)8-6-10/h5-8,12-13,16H,3-4,9,15H2,1-2H3. The van der Waals surface area contributed by atoms with Crippen LogP contribution in [0, 0.1) is 0 Å². The maximum absolute atomic E-state index is 5.62. The first-order valence-corrected chi connectivity index (χ1v) is 6.74. The van der Waals surface area contributed by atoms with E-state index in [1.807, 2.05) is 12.1 Å². The molecule has 1 aromatic rings. The van der Waals surface area contributed by atoms with Crippen molar-refractivity contribution in [1.82, 2.24) is 5.43 Å². The first-order valence-electron chi connectivity index (χ1n) is 5.94. The predicted molar refractivity (Wildman–Crippen MR) is 74.7 cm³/mol. The number of ether oxygens (including phenoxy) is 1. The Morgan fingerprint density at radius 1 is 1.35 bits per heavy atom. The molecule has 17 heavy (non-hydrogen) atoms. The molecule has 0 aliphatic carbocycles. The number of hydrazine groups is 1. The average Bonchev–Trinajstić information content (AvgIpc) is 2.36. The van der Waals surface area contributed by atoms with Crippen molar-refractivity contribution in [2.45, 2.75) is 38.3 Å². The Morgan fingerprint density at radius 3 is 2.47 bits per heavy atom. The van der Waals surface area contributed by atoms with E-state index < -0.39 is 0 Å². The zero-order valence-corrected chi connectivity index (χ0v) is 12.0. The quantitative estimate of drug-likeness (QED) is 0.601. The molecule has 0 heterocycles. The van der Waals surface area contributed by atoms with Crippen molar-refractivity contribution in [3.63, 3.8) is 0 Å². The van der Waals surface area contributed by atoms with Gasteiger partial charge < -0.3 is 4.74 Å².